The van der Waals surface area contributed by atoms with Crippen LogP contribution in [0.2, 0.25) is 0 Å². The zero-order chi connectivity index (χ0) is 15.2. The Morgan fingerprint density at radius 3 is 2.91 bits per heavy atom. The molecule has 23 heavy (non-hydrogen) atoms. The predicted molar refractivity (Wildman–Crippen MR) is 96.7 cm³/mol. The first kappa shape index (κ1) is 17.7. The molecule has 0 aliphatic carbocycles. The zero-order valence-corrected chi connectivity index (χ0v) is 15.4. The number of aromatic nitrogens is 4. The molecule has 1 saturated heterocycles. The number of nitrogens with zero attached hydrogens (tertiary/aromatic N) is 5. The number of rotatable bonds is 4. The highest BCUT2D eigenvalue weighted by atomic mass is 127. The average Bonchev–Trinajstić information content (AvgIpc) is 3.25. The number of halogens is 1. The number of nitrogens with one attached hydrogen (secondary N) is 2. The second-order valence-corrected chi connectivity index (χ2v) is 5.29. The van der Waals surface area contributed by atoms with Gasteiger partial charge in [-0.3, -0.25) is 5.10 Å². The summed E-state index contributed by atoms with van der Waals surface area (Å²) < 4.78 is 4.84. The van der Waals surface area contributed by atoms with Gasteiger partial charge in [0.05, 0.1) is 6.54 Å². The first-order valence-electron chi connectivity index (χ1n) is 7.64. The van der Waals surface area contributed by atoms with Crippen molar-refractivity contribution in [2.24, 2.45) is 4.99 Å². The van der Waals surface area contributed by atoms with E-state index in [1.807, 2.05) is 6.07 Å². The van der Waals surface area contributed by atoms with E-state index in [-0.39, 0.29) is 24.0 Å². The van der Waals surface area contributed by atoms with E-state index in [9.17, 15) is 0 Å². The van der Waals surface area contributed by atoms with E-state index in [2.05, 4.69) is 42.5 Å². The maximum atomic E-state index is 4.84. The molecule has 0 radical (unpaired) electrons. The maximum absolute atomic E-state index is 4.84. The molecule has 2 N–H and O–H groups in total. The molecule has 0 aromatic carbocycles. The summed E-state index contributed by atoms with van der Waals surface area (Å²) in [6, 6.07) is 1.84. The lowest BCUT2D eigenvalue weighted by atomic mass is 9.96. The van der Waals surface area contributed by atoms with Crippen LogP contribution in [0.15, 0.2) is 28.2 Å². The van der Waals surface area contributed by atoms with Gasteiger partial charge in [-0.15, -0.1) is 24.0 Å². The molecule has 1 fully saturated rings. The van der Waals surface area contributed by atoms with Crippen molar-refractivity contribution in [3.8, 4) is 0 Å². The minimum Gasteiger partial charge on any atom is -0.364 e. The molecular weight excluding hydrogens is 409 g/mol. The molecule has 3 heterocycles. The second kappa shape index (κ2) is 8.85. The van der Waals surface area contributed by atoms with Gasteiger partial charge in [-0.05, 0) is 19.8 Å². The molecule has 0 atom stereocenters. The fourth-order valence-electron chi connectivity index (χ4n) is 2.68. The van der Waals surface area contributed by atoms with Crippen LogP contribution in [0.5, 0.6) is 0 Å². The Morgan fingerprint density at radius 1 is 1.48 bits per heavy atom. The van der Waals surface area contributed by atoms with Crippen molar-refractivity contribution in [2.75, 3.05) is 19.6 Å². The Labute approximate surface area is 152 Å². The summed E-state index contributed by atoms with van der Waals surface area (Å²) in [5.41, 5.74) is 0.840. The Morgan fingerprint density at radius 2 is 2.30 bits per heavy atom. The maximum Gasteiger partial charge on any atom is 0.194 e. The molecule has 0 unspecified atom stereocenters. The van der Waals surface area contributed by atoms with Gasteiger partial charge in [-0.2, -0.15) is 5.10 Å². The van der Waals surface area contributed by atoms with Crippen molar-refractivity contribution in [1.29, 1.82) is 0 Å². The van der Waals surface area contributed by atoms with E-state index in [0.29, 0.717) is 12.5 Å². The second-order valence-electron chi connectivity index (χ2n) is 5.29. The number of piperidine rings is 1. The van der Waals surface area contributed by atoms with Gasteiger partial charge in [0, 0.05) is 31.6 Å². The summed E-state index contributed by atoms with van der Waals surface area (Å²) in [6.45, 7) is 5.36. The molecule has 8 nitrogen and oxygen atoms in total. The number of guanidine groups is 1. The van der Waals surface area contributed by atoms with Crippen LogP contribution in [0.1, 0.15) is 37.2 Å². The molecule has 1 aliphatic heterocycles. The summed E-state index contributed by atoms with van der Waals surface area (Å²) in [7, 11) is 0. The van der Waals surface area contributed by atoms with Crippen LogP contribution in [-0.2, 0) is 6.54 Å². The van der Waals surface area contributed by atoms with E-state index >= 15 is 0 Å². The van der Waals surface area contributed by atoms with E-state index in [1.165, 1.54) is 0 Å². The molecular formula is C14H22IN7O. The normalized spacial score (nSPS) is 16.2. The smallest absolute Gasteiger partial charge is 0.194 e. The lowest BCUT2D eigenvalue weighted by molar-refractivity contribution is 0.298. The molecule has 1 aliphatic rings. The van der Waals surface area contributed by atoms with Gasteiger partial charge in [0.1, 0.15) is 24.1 Å². The molecule has 9 heteroatoms. The number of H-pyrrole nitrogens is 1. The molecule has 0 spiro atoms. The molecule has 2 aromatic rings. The summed E-state index contributed by atoms with van der Waals surface area (Å²) in [4.78, 5) is 11.2. The molecule has 0 saturated carbocycles. The van der Waals surface area contributed by atoms with Crippen molar-refractivity contribution in [3.05, 3.63) is 30.2 Å². The number of hydrogen-bond acceptors (Lipinski definition) is 5. The van der Waals surface area contributed by atoms with Gasteiger partial charge < -0.3 is 14.7 Å². The van der Waals surface area contributed by atoms with Crippen LogP contribution >= 0.6 is 24.0 Å². The van der Waals surface area contributed by atoms with E-state index in [1.54, 1.807) is 12.6 Å². The highest BCUT2D eigenvalue weighted by molar-refractivity contribution is 14.0. The first-order chi connectivity index (χ1) is 10.9. The van der Waals surface area contributed by atoms with E-state index < -0.39 is 0 Å². The largest absolute Gasteiger partial charge is 0.364 e. The summed E-state index contributed by atoms with van der Waals surface area (Å²) in [5.74, 6) is 2.38. The topological polar surface area (TPSA) is 95.2 Å². The number of aliphatic imine (C=N–C) groups is 1. The molecule has 3 rings (SSSR count). The lowest BCUT2D eigenvalue weighted by Gasteiger charge is -2.33. The van der Waals surface area contributed by atoms with Crippen LogP contribution in [0.25, 0.3) is 0 Å². The van der Waals surface area contributed by atoms with E-state index in [4.69, 9.17) is 4.52 Å². The Kier molecular flexibility index (Phi) is 6.81. The fourth-order valence-corrected chi connectivity index (χ4v) is 2.68. The van der Waals surface area contributed by atoms with Crippen LogP contribution in [-0.4, -0.2) is 50.8 Å². The monoisotopic (exact) mass is 431 g/mol. The fraction of sp³-hybridized carbons (Fsp3) is 0.571. The first-order valence-corrected chi connectivity index (χ1v) is 7.64. The molecule has 0 bridgehead atoms. The average molecular weight is 431 g/mol. The SMILES string of the molecule is CCNC(=NCc1ccon1)N1CCC(c2ncn[nH]2)CC1.I. The van der Waals surface area contributed by atoms with Crippen LogP contribution in [0, 0.1) is 0 Å². The van der Waals surface area contributed by atoms with Gasteiger partial charge in [0.15, 0.2) is 5.96 Å². The van der Waals surface area contributed by atoms with Crippen molar-refractivity contribution < 1.29 is 4.52 Å². The summed E-state index contributed by atoms with van der Waals surface area (Å²) in [5, 5.41) is 14.2. The van der Waals surface area contributed by atoms with E-state index in [0.717, 1.165) is 50.0 Å². The third-order valence-electron chi connectivity index (χ3n) is 3.83. The quantitative estimate of drug-likeness (QED) is 0.435. The van der Waals surface area contributed by atoms with Gasteiger partial charge in [-0.1, -0.05) is 5.16 Å². The summed E-state index contributed by atoms with van der Waals surface area (Å²) >= 11 is 0. The third-order valence-corrected chi connectivity index (χ3v) is 3.83. The minimum atomic E-state index is 0. The Hall–Kier alpha value is -1.65. The Bertz CT molecular complexity index is 576. The van der Waals surface area contributed by atoms with Crippen LogP contribution in [0.3, 0.4) is 0 Å². The van der Waals surface area contributed by atoms with Gasteiger partial charge in [0.25, 0.3) is 0 Å². The number of hydrogen-bond donors (Lipinski definition) is 2. The molecule has 0 amide bonds. The highest BCUT2D eigenvalue weighted by Gasteiger charge is 2.24. The zero-order valence-electron chi connectivity index (χ0n) is 13.1. The van der Waals surface area contributed by atoms with Gasteiger partial charge >= 0.3 is 0 Å². The van der Waals surface area contributed by atoms with Crippen molar-refractivity contribution in [2.45, 2.75) is 32.2 Å². The van der Waals surface area contributed by atoms with Crippen molar-refractivity contribution in [3.63, 3.8) is 0 Å². The highest BCUT2D eigenvalue weighted by Crippen LogP contribution is 2.24. The molecule has 126 valence electrons. The number of aromatic amines is 1. The van der Waals surface area contributed by atoms with Crippen LogP contribution in [0.4, 0.5) is 0 Å². The Balaban J connectivity index is 0.00000192. The third kappa shape index (κ3) is 4.66. The van der Waals surface area contributed by atoms with Crippen molar-refractivity contribution in [1.82, 2.24) is 30.6 Å². The predicted octanol–water partition coefficient (Wildman–Crippen LogP) is 1.76. The minimum absolute atomic E-state index is 0. The number of likely N-dealkylation sites (tertiary alicyclic amines) is 1. The van der Waals surface area contributed by atoms with Gasteiger partial charge in [0.2, 0.25) is 0 Å². The standard InChI is InChI=1S/C14H21N7O.HI/c1-2-15-14(16-9-12-5-8-22-20-12)21-6-3-11(4-7-21)13-17-10-18-19-13;/h5,8,10-11H,2-4,6-7,9H2,1H3,(H,15,16)(H,17,18,19);1H. The molecule has 2 aromatic heterocycles. The van der Waals surface area contributed by atoms with Gasteiger partial charge in [-0.25, -0.2) is 9.98 Å². The van der Waals surface area contributed by atoms with Crippen molar-refractivity contribution >= 4 is 29.9 Å². The lowest BCUT2D eigenvalue weighted by Crippen LogP contribution is -2.45. The summed E-state index contributed by atoms with van der Waals surface area (Å²) in [6.07, 6.45) is 5.24. The van der Waals surface area contributed by atoms with Crippen LogP contribution < -0.4 is 5.32 Å².